The summed E-state index contributed by atoms with van der Waals surface area (Å²) in [7, 11) is 3.94. The molecule has 0 aliphatic rings. The molecule has 0 fully saturated rings. The molecule has 0 atom stereocenters. The molecule has 0 unspecified atom stereocenters. The van der Waals surface area contributed by atoms with Gasteiger partial charge in [-0.3, -0.25) is 0 Å². The van der Waals surface area contributed by atoms with Crippen LogP contribution < -0.4 is 10.2 Å². The summed E-state index contributed by atoms with van der Waals surface area (Å²) in [4.78, 5) is 2.15. The van der Waals surface area contributed by atoms with Gasteiger partial charge < -0.3 is 10.2 Å². The Hall–Kier alpha value is -1.53. The van der Waals surface area contributed by atoms with Crippen molar-refractivity contribution >= 4 is 5.69 Å². The Morgan fingerprint density at radius 1 is 1.41 bits per heavy atom. The van der Waals surface area contributed by atoms with Crippen molar-refractivity contribution in [3.05, 3.63) is 29.3 Å². The smallest absolute Gasteiger partial charge is 0.101 e. The average Bonchev–Trinajstić information content (AvgIpc) is 2.28. The number of nitriles is 1. The second kappa shape index (κ2) is 6.27. The van der Waals surface area contributed by atoms with Gasteiger partial charge in [-0.1, -0.05) is 19.9 Å². The van der Waals surface area contributed by atoms with Gasteiger partial charge in [0.05, 0.1) is 11.3 Å². The van der Waals surface area contributed by atoms with Crippen LogP contribution in [0.3, 0.4) is 0 Å². The first-order valence-electron chi connectivity index (χ1n) is 5.97. The number of hydrogen-bond donors (Lipinski definition) is 1. The maximum absolute atomic E-state index is 9.20. The Labute approximate surface area is 104 Å². The van der Waals surface area contributed by atoms with E-state index in [1.807, 2.05) is 26.2 Å². The summed E-state index contributed by atoms with van der Waals surface area (Å²) in [5.74, 6) is 0.587. The number of anilines is 1. The van der Waals surface area contributed by atoms with Crippen molar-refractivity contribution in [3.8, 4) is 6.07 Å². The van der Waals surface area contributed by atoms with Crippen LogP contribution in [0.25, 0.3) is 0 Å². The fraction of sp³-hybridized carbons (Fsp3) is 0.500. The molecule has 0 aromatic heterocycles. The van der Waals surface area contributed by atoms with Gasteiger partial charge in [0.1, 0.15) is 6.07 Å². The molecule has 0 aliphatic heterocycles. The molecule has 0 radical (unpaired) electrons. The van der Waals surface area contributed by atoms with Crippen molar-refractivity contribution < 1.29 is 0 Å². The minimum absolute atomic E-state index is 0.587. The van der Waals surface area contributed by atoms with Crippen LogP contribution in [-0.2, 0) is 6.54 Å². The third kappa shape index (κ3) is 3.76. The predicted octanol–water partition coefficient (Wildman–Crippen LogP) is 2.37. The summed E-state index contributed by atoms with van der Waals surface area (Å²) >= 11 is 0. The Bertz CT molecular complexity index is 404. The van der Waals surface area contributed by atoms with Crippen molar-refractivity contribution in [3.63, 3.8) is 0 Å². The maximum Gasteiger partial charge on any atom is 0.101 e. The number of benzene rings is 1. The van der Waals surface area contributed by atoms with E-state index in [9.17, 15) is 5.26 Å². The molecule has 0 bridgehead atoms. The van der Waals surface area contributed by atoms with E-state index in [0.717, 1.165) is 29.9 Å². The van der Waals surface area contributed by atoms with Gasteiger partial charge >= 0.3 is 0 Å². The topological polar surface area (TPSA) is 39.1 Å². The molecular formula is C14H21N3. The van der Waals surface area contributed by atoms with Gasteiger partial charge in [-0.2, -0.15) is 5.26 Å². The van der Waals surface area contributed by atoms with Crippen molar-refractivity contribution in [1.29, 1.82) is 5.26 Å². The van der Waals surface area contributed by atoms with E-state index < -0.39 is 0 Å². The van der Waals surface area contributed by atoms with E-state index in [2.05, 4.69) is 36.2 Å². The van der Waals surface area contributed by atoms with Crippen LogP contribution in [0.5, 0.6) is 0 Å². The molecule has 1 N–H and O–H groups in total. The molecule has 1 rings (SSSR count). The van der Waals surface area contributed by atoms with E-state index in [0.29, 0.717) is 5.92 Å². The largest absolute Gasteiger partial charge is 0.373 e. The van der Waals surface area contributed by atoms with E-state index in [4.69, 9.17) is 0 Å². The maximum atomic E-state index is 9.20. The first-order valence-corrected chi connectivity index (χ1v) is 5.97. The van der Waals surface area contributed by atoms with Crippen LogP contribution in [0.1, 0.15) is 25.0 Å². The molecule has 0 aliphatic carbocycles. The lowest BCUT2D eigenvalue weighted by Gasteiger charge is -2.23. The normalized spacial score (nSPS) is 10.4. The van der Waals surface area contributed by atoms with Crippen molar-refractivity contribution in [2.45, 2.75) is 20.4 Å². The zero-order chi connectivity index (χ0) is 12.8. The zero-order valence-electron chi connectivity index (χ0n) is 11.1. The van der Waals surface area contributed by atoms with Crippen LogP contribution >= 0.6 is 0 Å². The van der Waals surface area contributed by atoms with Crippen LogP contribution in [0.15, 0.2) is 18.2 Å². The first-order chi connectivity index (χ1) is 8.08. The highest BCUT2D eigenvalue weighted by Gasteiger charge is 2.09. The molecule has 3 nitrogen and oxygen atoms in total. The van der Waals surface area contributed by atoms with E-state index in [1.54, 1.807) is 0 Å². The highest BCUT2D eigenvalue weighted by molar-refractivity contribution is 5.60. The monoisotopic (exact) mass is 231 g/mol. The van der Waals surface area contributed by atoms with Crippen molar-refractivity contribution in [1.82, 2.24) is 5.32 Å². The number of hydrogen-bond acceptors (Lipinski definition) is 3. The highest BCUT2D eigenvalue weighted by Crippen LogP contribution is 2.21. The van der Waals surface area contributed by atoms with Gasteiger partial charge in [-0.05, 0) is 30.7 Å². The molecular weight excluding hydrogens is 210 g/mol. The first kappa shape index (κ1) is 13.5. The third-order valence-electron chi connectivity index (χ3n) is 2.61. The average molecular weight is 231 g/mol. The summed E-state index contributed by atoms with van der Waals surface area (Å²) in [5.41, 5.74) is 2.91. The fourth-order valence-electron chi connectivity index (χ4n) is 1.97. The van der Waals surface area contributed by atoms with E-state index >= 15 is 0 Å². The molecule has 0 saturated carbocycles. The van der Waals surface area contributed by atoms with Crippen LogP contribution in [0, 0.1) is 17.2 Å². The van der Waals surface area contributed by atoms with Gasteiger partial charge in [0.15, 0.2) is 0 Å². The highest BCUT2D eigenvalue weighted by atomic mass is 15.1. The molecule has 17 heavy (non-hydrogen) atoms. The van der Waals surface area contributed by atoms with Crippen molar-refractivity contribution in [2.75, 3.05) is 25.5 Å². The summed E-state index contributed by atoms with van der Waals surface area (Å²) in [5, 5.41) is 12.3. The lowest BCUT2D eigenvalue weighted by atomic mass is 10.1. The van der Waals surface area contributed by atoms with Gasteiger partial charge in [-0.15, -0.1) is 0 Å². The van der Waals surface area contributed by atoms with Crippen molar-refractivity contribution in [2.24, 2.45) is 5.92 Å². The molecule has 1 aromatic rings. The standard InChI is InChI=1S/C14H21N3/c1-11(2)10-17(4)14-6-5-12(9-16-3)7-13(14)8-15/h5-7,11,16H,9-10H2,1-4H3. The lowest BCUT2D eigenvalue weighted by Crippen LogP contribution is -2.23. The van der Waals surface area contributed by atoms with E-state index in [1.165, 1.54) is 0 Å². The minimum atomic E-state index is 0.587. The summed E-state index contributed by atoms with van der Waals surface area (Å²) in [6, 6.07) is 8.35. The third-order valence-corrected chi connectivity index (χ3v) is 2.61. The fourth-order valence-corrected chi connectivity index (χ4v) is 1.97. The molecule has 0 amide bonds. The zero-order valence-corrected chi connectivity index (χ0v) is 11.1. The molecule has 3 heteroatoms. The summed E-state index contributed by atoms with van der Waals surface area (Å²) in [6.07, 6.45) is 0. The second-order valence-electron chi connectivity index (χ2n) is 4.77. The Balaban J connectivity index is 2.96. The Morgan fingerprint density at radius 2 is 2.12 bits per heavy atom. The van der Waals surface area contributed by atoms with Gasteiger partial charge in [0.2, 0.25) is 0 Å². The second-order valence-corrected chi connectivity index (χ2v) is 4.77. The van der Waals surface area contributed by atoms with Crippen LogP contribution in [0.4, 0.5) is 5.69 Å². The predicted molar refractivity (Wildman–Crippen MR) is 72.0 cm³/mol. The lowest BCUT2D eigenvalue weighted by molar-refractivity contribution is 0.638. The Morgan fingerprint density at radius 3 is 2.65 bits per heavy atom. The van der Waals surface area contributed by atoms with Gasteiger partial charge in [-0.25, -0.2) is 0 Å². The van der Waals surface area contributed by atoms with Crippen LogP contribution in [-0.4, -0.2) is 20.6 Å². The summed E-state index contributed by atoms with van der Waals surface area (Å²) < 4.78 is 0. The van der Waals surface area contributed by atoms with Gasteiger partial charge in [0.25, 0.3) is 0 Å². The van der Waals surface area contributed by atoms with Gasteiger partial charge in [0, 0.05) is 20.1 Å². The number of nitrogens with one attached hydrogen (secondary N) is 1. The molecule has 0 saturated heterocycles. The SMILES string of the molecule is CNCc1ccc(N(C)CC(C)C)c(C#N)c1. The molecule has 92 valence electrons. The number of nitrogens with zero attached hydrogens (tertiary/aromatic N) is 2. The number of rotatable bonds is 5. The van der Waals surface area contributed by atoms with Crippen LogP contribution in [0.2, 0.25) is 0 Å². The molecule has 0 spiro atoms. The minimum Gasteiger partial charge on any atom is -0.373 e. The molecule has 0 heterocycles. The summed E-state index contributed by atoms with van der Waals surface area (Å²) in [6.45, 7) is 6.11. The molecule has 1 aromatic carbocycles. The Kier molecular flexibility index (Phi) is 4.99. The quantitative estimate of drug-likeness (QED) is 0.845. The van der Waals surface area contributed by atoms with E-state index in [-0.39, 0.29) is 0 Å².